The lowest BCUT2D eigenvalue weighted by Gasteiger charge is -2.05. The average Bonchev–Trinajstić information content (AvgIpc) is 2.82. The Morgan fingerprint density at radius 3 is 2.88 bits per heavy atom. The molecule has 0 aliphatic carbocycles. The van der Waals surface area contributed by atoms with Gasteiger partial charge in [-0.2, -0.15) is 0 Å². The highest BCUT2D eigenvalue weighted by Crippen LogP contribution is 2.21. The molecule has 0 unspecified atom stereocenters. The van der Waals surface area contributed by atoms with Gasteiger partial charge in [0.1, 0.15) is 5.01 Å². The van der Waals surface area contributed by atoms with Gasteiger partial charge in [0.25, 0.3) is 0 Å². The van der Waals surface area contributed by atoms with Gasteiger partial charge in [0.15, 0.2) is 0 Å². The Labute approximate surface area is 103 Å². The number of aromatic nitrogens is 2. The first-order valence-corrected chi connectivity index (χ1v) is 6.23. The molecule has 2 heterocycles. The van der Waals surface area contributed by atoms with E-state index < -0.39 is 5.97 Å². The van der Waals surface area contributed by atoms with E-state index in [1.54, 1.807) is 18.3 Å². The van der Waals surface area contributed by atoms with Crippen molar-refractivity contribution in [2.75, 3.05) is 0 Å². The number of rotatable bonds is 4. The van der Waals surface area contributed by atoms with Crippen molar-refractivity contribution in [2.45, 2.75) is 19.8 Å². The van der Waals surface area contributed by atoms with Crippen LogP contribution in [0, 0.1) is 0 Å². The van der Waals surface area contributed by atoms with Crippen LogP contribution < -0.4 is 0 Å². The normalized spacial score (nSPS) is 10.4. The van der Waals surface area contributed by atoms with Crippen molar-refractivity contribution in [1.82, 2.24) is 9.97 Å². The van der Waals surface area contributed by atoms with Crippen molar-refractivity contribution in [3.63, 3.8) is 0 Å². The van der Waals surface area contributed by atoms with Crippen LogP contribution in [0.4, 0.5) is 0 Å². The summed E-state index contributed by atoms with van der Waals surface area (Å²) in [6.45, 7) is 2.00. The van der Waals surface area contributed by atoms with Gasteiger partial charge in [-0.05, 0) is 18.6 Å². The summed E-state index contributed by atoms with van der Waals surface area (Å²) >= 11 is 1.50. The van der Waals surface area contributed by atoms with E-state index in [-0.39, 0.29) is 5.56 Å². The van der Waals surface area contributed by atoms with Crippen LogP contribution in [0.5, 0.6) is 0 Å². The van der Waals surface area contributed by atoms with Gasteiger partial charge >= 0.3 is 5.97 Å². The number of carboxylic acids is 1. The summed E-state index contributed by atoms with van der Waals surface area (Å²) in [6.07, 6.45) is 3.25. The zero-order valence-electron chi connectivity index (χ0n) is 9.38. The first-order valence-electron chi connectivity index (χ1n) is 5.35. The molecular formula is C12H12N2O2S. The van der Waals surface area contributed by atoms with Gasteiger partial charge < -0.3 is 5.11 Å². The lowest BCUT2D eigenvalue weighted by Crippen LogP contribution is -2.05. The second kappa shape index (κ2) is 5.05. The van der Waals surface area contributed by atoms with Crippen LogP contribution in [0.15, 0.2) is 23.7 Å². The SMILES string of the molecule is CCCc1nc(-c2nccs2)ccc1C(=O)O. The molecular weight excluding hydrogens is 236 g/mol. The van der Waals surface area contributed by atoms with Gasteiger partial charge in [0.2, 0.25) is 0 Å². The highest BCUT2D eigenvalue weighted by atomic mass is 32.1. The van der Waals surface area contributed by atoms with Crippen LogP contribution >= 0.6 is 11.3 Å². The molecule has 0 aliphatic heterocycles. The maximum atomic E-state index is 11.0. The number of carboxylic acid groups (broad SMARTS) is 1. The van der Waals surface area contributed by atoms with E-state index in [4.69, 9.17) is 5.11 Å². The van der Waals surface area contributed by atoms with Gasteiger partial charge in [0, 0.05) is 11.6 Å². The third-order valence-corrected chi connectivity index (χ3v) is 3.14. The molecule has 0 fully saturated rings. The van der Waals surface area contributed by atoms with Crippen LogP contribution in [0.2, 0.25) is 0 Å². The molecule has 1 N–H and O–H groups in total. The number of nitrogens with zero attached hydrogens (tertiary/aromatic N) is 2. The number of carbonyl (C=O) groups is 1. The van der Waals surface area contributed by atoms with Crippen molar-refractivity contribution >= 4 is 17.3 Å². The molecule has 2 aromatic rings. The zero-order chi connectivity index (χ0) is 12.3. The summed E-state index contributed by atoms with van der Waals surface area (Å²) in [6, 6.07) is 3.32. The van der Waals surface area contributed by atoms with E-state index in [0.29, 0.717) is 12.1 Å². The third kappa shape index (κ3) is 2.50. The first-order chi connectivity index (χ1) is 8.22. The van der Waals surface area contributed by atoms with E-state index >= 15 is 0 Å². The van der Waals surface area contributed by atoms with Crippen LogP contribution in [0.3, 0.4) is 0 Å². The van der Waals surface area contributed by atoms with Crippen molar-refractivity contribution < 1.29 is 9.90 Å². The summed E-state index contributed by atoms with van der Waals surface area (Å²) in [5.74, 6) is -0.924. The largest absolute Gasteiger partial charge is 0.478 e. The fraction of sp³-hybridized carbons (Fsp3) is 0.250. The highest BCUT2D eigenvalue weighted by Gasteiger charge is 2.13. The summed E-state index contributed by atoms with van der Waals surface area (Å²) in [5, 5.41) is 11.8. The fourth-order valence-electron chi connectivity index (χ4n) is 1.59. The molecule has 0 atom stereocenters. The van der Waals surface area contributed by atoms with Gasteiger partial charge in [-0.15, -0.1) is 11.3 Å². The van der Waals surface area contributed by atoms with E-state index in [9.17, 15) is 4.79 Å². The predicted octanol–water partition coefficient (Wildman–Crippen LogP) is 2.86. The fourth-order valence-corrected chi connectivity index (χ4v) is 2.20. The summed E-state index contributed by atoms with van der Waals surface area (Å²) in [4.78, 5) is 19.6. The molecule has 17 heavy (non-hydrogen) atoms. The predicted molar refractivity (Wildman–Crippen MR) is 66.3 cm³/mol. The molecule has 4 nitrogen and oxygen atoms in total. The van der Waals surface area contributed by atoms with Gasteiger partial charge in [-0.3, -0.25) is 0 Å². The molecule has 0 radical (unpaired) electrons. The number of thiazole rings is 1. The Hall–Kier alpha value is -1.75. The molecule has 0 aliphatic rings. The van der Waals surface area contributed by atoms with E-state index in [2.05, 4.69) is 9.97 Å². The minimum atomic E-state index is -0.924. The Morgan fingerprint density at radius 2 is 2.29 bits per heavy atom. The molecule has 2 rings (SSSR count). The van der Waals surface area contributed by atoms with E-state index in [0.717, 1.165) is 17.1 Å². The molecule has 0 saturated carbocycles. The maximum Gasteiger partial charge on any atom is 0.337 e. The van der Waals surface area contributed by atoms with Crippen LogP contribution in [-0.2, 0) is 6.42 Å². The number of hydrogen-bond donors (Lipinski definition) is 1. The van der Waals surface area contributed by atoms with E-state index in [1.165, 1.54) is 11.3 Å². The molecule has 0 spiro atoms. The molecule has 5 heteroatoms. The number of pyridine rings is 1. The second-order valence-electron chi connectivity index (χ2n) is 3.58. The van der Waals surface area contributed by atoms with Crippen molar-refractivity contribution in [3.05, 3.63) is 35.0 Å². The Kier molecular flexibility index (Phi) is 3.49. The highest BCUT2D eigenvalue weighted by molar-refractivity contribution is 7.13. The number of aromatic carboxylic acids is 1. The second-order valence-corrected chi connectivity index (χ2v) is 4.48. The molecule has 88 valence electrons. The quantitative estimate of drug-likeness (QED) is 0.903. The number of aryl methyl sites for hydroxylation is 1. The van der Waals surface area contributed by atoms with Crippen LogP contribution in [-0.4, -0.2) is 21.0 Å². The molecule has 0 bridgehead atoms. The number of hydrogen-bond acceptors (Lipinski definition) is 4. The molecule has 0 amide bonds. The summed E-state index contributed by atoms with van der Waals surface area (Å²) < 4.78 is 0. The lowest BCUT2D eigenvalue weighted by atomic mass is 10.1. The first kappa shape index (κ1) is 11.7. The molecule has 0 saturated heterocycles. The Bertz CT molecular complexity index is 523. The maximum absolute atomic E-state index is 11.0. The van der Waals surface area contributed by atoms with Gasteiger partial charge in [-0.25, -0.2) is 14.8 Å². The standard InChI is InChI=1S/C12H12N2O2S/c1-2-3-9-8(12(15)16)4-5-10(14-9)11-13-6-7-17-11/h4-7H,2-3H2,1H3,(H,15,16). The lowest BCUT2D eigenvalue weighted by molar-refractivity contribution is 0.0695. The van der Waals surface area contributed by atoms with E-state index in [1.807, 2.05) is 12.3 Å². The van der Waals surface area contributed by atoms with Crippen LogP contribution in [0.1, 0.15) is 29.4 Å². The zero-order valence-corrected chi connectivity index (χ0v) is 10.2. The topological polar surface area (TPSA) is 63.1 Å². The van der Waals surface area contributed by atoms with Crippen molar-refractivity contribution in [2.24, 2.45) is 0 Å². The third-order valence-electron chi connectivity index (χ3n) is 2.34. The molecule has 0 aromatic carbocycles. The average molecular weight is 248 g/mol. The van der Waals surface area contributed by atoms with Gasteiger partial charge in [-0.1, -0.05) is 13.3 Å². The minimum absolute atomic E-state index is 0.284. The summed E-state index contributed by atoms with van der Waals surface area (Å²) in [7, 11) is 0. The minimum Gasteiger partial charge on any atom is -0.478 e. The summed E-state index contributed by atoms with van der Waals surface area (Å²) in [5.41, 5.74) is 1.66. The monoisotopic (exact) mass is 248 g/mol. The Balaban J connectivity index is 2.45. The smallest absolute Gasteiger partial charge is 0.337 e. The Morgan fingerprint density at radius 1 is 1.47 bits per heavy atom. The van der Waals surface area contributed by atoms with Crippen LogP contribution in [0.25, 0.3) is 10.7 Å². The van der Waals surface area contributed by atoms with Crippen molar-refractivity contribution in [3.8, 4) is 10.7 Å². The molecule has 2 aromatic heterocycles. The van der Waals surface area contributed by atoms with Gasteiger partial charge in [0.05, 0.1) is 17.0 Å². The van der Waals surface area contributed by atoms with Crippen molar-refractivity contribution in [1.29, 1.82) is 0 Å².